The number of thiophene rings is 1. The second-order valence-electron chi connectivity index (χ2n) is 4.51. The fraction of sp³-hybridized carbons (Fsp3) is 0.636. The quantitative estimate of drug-likeness (QED) is 0.796. The van der Waals surface area contributed by atoms with Gasteiger partial charge in [0.1, 0.15) is 4.90 Å². The Hall–Kier alpha value is 0.530. The molecule has 1 saturated heterocycles. The predicted octanol–water partition coefficient (Wildman–Crippen LogP) is 3.04. The Kier molecular flexibility index (Phi) is 5.47. The van der Waals surface area contributed by atoms with Crippen LogP contribution in [0, 0.1) is 0 Å². The van der Waals surface area contributed by atoms with E-state index in [0.29, 0.717) is 21.8 Å². The lowest BCUT2D eigenvalue weighted by atomic mass is 10.1. The van der Waals surface area contributed by atoms with E-state index in [0.717, 1.165) is 23.0 Å². The lowest BCUT2D eigenvalue weighted by Crippen LogP contribution is -2.47. The van der Waals surface area contributed by atoms with Gasteiger partial charge in [-0.2, -0.15) is 4.31 Å². The van der Waals surface area contributed by atoms with Crippen LogP contribution in [0.15, 0.2) is 18.5 Å². The van der Waals surface area contributed by atoms with Crippen LogP contribution >= 0.6 is 43.2 Å². The number of hydrogen-bond acceptors (Lipinski definition) is 4. The third-order valence-electron chi connectivity index (χ3n) is 3.22. The van der Waals surface area contributed by atoms with Gasteiger partial charge in [0.25, 0.3) is 0 Å². The second kappa shape index (κ2) is 6.53. The molecule has 2 rings (SSSR count). The van der Waals surface area contributed by atoms with Crippen LogP contribution in [-0.2, 0) is 10.0 Å². The van der Waals surface area contributed by atoms with Crippen molar-refractivity contribution in [1.82, 2.24) is 9.62 Å². The minimum absolute atomic E-state index is 0.0503. The van der Waals surface area contributed by atoms with Crippen molar-refractivity contribution in [2.75, 3.05) is 20.1 Å². The summed E-state index contributed by atoms with van der Waals surface area (Å²) in [5.41, 5.74) is 0. The van der Waals surface area contributed by atoms with E-state index in [1.165, 1.54) is 11.3 Å². The maximum Gasteiger partial charge on any atom is 0.245 e. The highest BCUT2D eigenvalue weighted by atomic mass is 79.9. The number of piperidine rings is 1. The molecule has 8 heteroatoms. The fourth-order valence-corrected chi connectivity index (χ4v) is 7.81. The highest BCUT2D eigenvalue weighted by molar-refractivity contribution is 9.12. The van der Waals surface area contributed by atoms with Crippen LogP contribution in [0.3, 0.4) is 0 Å². The summed E-state index contributed by atoms with van der Waals surface area (Å²) >= 11 is 8.07. The first-order valence-corrected chi connectivity index (χ1v) is 9.92. The Morgan fingerprint density at radius 3 is 2.79 bits per heavy atom. The average Bonchev–Trinajstić information content (AvgIpc) is 2.70. The molecule has 1 aliphatic heterocycles. The molecule has 1 aromatic heterocycles. The van der Waals surface area contributed by atoms with Crippen LogP contribution in [0.25, 0.3) is 0 Å². The minimum Gasteiger partial charge on any atom is -0.318 e. The van der Waals surface area contributed by atoms with Gasteiger partial charge in [0.15, 0.2) is 0 Å². The maximum absolute atomic E-state index is 12.8. The normalized spacial score (nSPS) is 21.7. The van der Waals surface area contributed by atoms with Gasteiger partial charge in [-0.3, -0.25) is 0 Å². The molecule has 1 fully saturated rings. The van der Waals surface area contributed by atoms with Gasteiger partial charge in [-0.15, -0.1) is 11.3 Å². The molecule has 0 bridgehead atoms. The Balaban J connectivity index is 2.34. The molecule has 0 radical (unpaired) electrons. The predicted molar refractivity (Wildman–Crippen MR) is 85.2 cm³/mol. The van der Waals surface area contributed by atoms with Crippen LogP contribution in [0.4, 0.5) is 0 Å². The summed E-state index contributed by atoms with van der Waals surface area (Å²) in [6, 6.07) is 1.73. The van der Waals surface area contributed by atoms with Crippen molar-refractivity contribution in [3.63, 3.8) is 0 Å². The molecule has 2 heterocycles. The lowest BCUT2D eigenvalue weighted by molar-refractivity contribution is 0.249. The zero-order valence-corrected chi connectivity index (χ0v) is 15.3. The second-order valence-corrected chi connectivity index (χ2v) is 10.1. The molecular formula is C11H16Br2N2O2S2. The minimum atomic E-state index is -3.42. The molecular weight excluding hydrogens is 416 g/mol. The summed E-state index contributed by atoms with van der Waals surface area (Å²) in [7, 11) is -1.56. The Bertz CT molecular complexity index is 543. The molecule has 0 spiro atoms. The van der Waals surface area contributed by atoms with Crippen LogP contribution in [0.2, 0.25) is 0 Å². The zero-order valence-electron chi connectivity index (χ0n) is 10.5. The van der Waals surface area contributed by atoms with Crippen molar-refractivity contribution < 1.29 is 8.42 Å². The summed E-state index contributed by atoms with van der Waals surface area (Å²) in [6.45, 7) is 1.30. The van der Waals surface area contributed by atoms with E-state index in [2.05, 4.69) is 37.2 Å². The van der Waals surface area contributed by atoms with Crippen molar-refractivity contribution in [3.05, 3.63) is 13.6 Å². The summed E-state index contributed by atoms with van der Waals surface area (Å²) in [4.78, 5) is 0.368. The zero-order chi connectivity index (χ0) is 14.0. The monoisotopic (exact) mass is 430 g/mol. The van der Waals surface area contributed by atoms with Crippen LogP contribution in [-0.4, -0.2) is 38.9 Å². The van der Waals surface area contributed by atoms with Gasteiger partial charge in [0.05, 0.1) is 7.57 Å². The highest BCUT2D eigenvalue weighted by Gasteiger charge is 2.35. The largest absolute Gasteiger partial charge is 0.318 e. The third-order valence-corrected chi connectivity index (χ3v) is 7.93. The van der Waals surface area contributed by atoms with Gasteiger partial charge in [0.2, 0.25) is 10.0 Å². The van der Waals surface area contributed by atoms with E-state index in [1.807, 2.05) is 7.05 Å². The standard InChI is InChI=1S/C11H16Br2N2O2S2/c1-14-7-8-4-2-3-5-15(8)19(16,17)9-6-10(12)18-11(9)13/h6,8,14H,2-5,7H2,1H3. The molecule has 0 aromatic carbocycles. The molecule has 0 saturated carbocycles. The van der Waals surface area contributed by atoms with Gasteiger partial charge in [0, 0.05) is 19.1 Å². The molecule has 1 unspecified atom stereocenters. The summed E-state index contributed by atoms with van der Waals surface area (Å²) in [6.07, 6.45) is 2.94. The Labute approximate surface area is 134 Å². The molecule has 1 N–H and O–H groups in total. The Morgan fingerprint density at radius 2 is 2.21 bits per heavy atom. The van der Waals surface area contributed by atoms with Gasteiger partial charge in [-0.1, -0.05) is 6.42 Å². The summed E-state index contributed by atoms with van der Waals surface area (Å²) in [5, 5.41) is 3.09. The molecule has 4 nitrogen and oxygen atoms in total. The molecule has 0 amide bonds. The third kappa shape index (κ3) is 3.41. The topological polar surface area (TPSA) is 49.4 Å². The molecule has 1 aromatic rings. The van der Waals surface area contributed by atoms with Gasteiger partial charge in [-0.25, -0.2) is 8.42 Å². The summed E-state index contributed by atoms with van der Waals surface area (Å²) in [5.74, 6) is 0. The van der Waals surface area contributed by atoms with E-state index < -0.39 is 10.0 Å². The van der Waals surface area contributed by atoms with Gasteiger partial charge >= 0.3 is 0 Å². The molecule has 19 heavy (non-hydrogen) atoms. The summed E-state index contributed by atoms with van der Waals surface area (Å²) < 4.78 is 28.6. The SMILES string of the molecule is CNCC1CCCCN1S(=O)(=O)c1cc(Br)sc1Br. The average molecular weight is 432 g/mol. The number of nitrogens with zero attached hydrogens (tertiary/aromatic N) is 1. The number of sulfonamides is 1. The van der Waals surface area contributed by atoms with Crippen LogP contribution in [0.1, 0.15) is 19.3 Å². The molecule has 108 valence electrons. The van der Waals surface area contributed by atoms with E-state index >= 15 is 0 Å². The van der Waals surface area contributed by atoms with Crippen molar-refractivity contribution in [1.29, 1.82) is 0 Å². The highest BCUT2D eigenvalue weighted by Crippen LogP contribution is 2.37. The Morgan fingerprint density at radius 1 is 1.47 bits per heavy atom. The first-order valence-electron chi connectivity index (χ1n) is 6.08. The van der Waals surface area contributed by atoms with E-state index in [9.17, 15) is 8.42 Å². The van der Waals surface area contributed by atoms with E-state index in [1.54, 1.807) is 10.4 Å². The number of halogens is 2. The number of rotatable bonds is 4. The number of likely N-dealkylation sites (N-methyl/N-ethyl adjacent to an activating group) is 1. The smallest absolute Gasteiger partial charge is 0.245 e. The van der Waals surface area contributed by atoms with Crippen molar-refractivity contribution in [2.45, 2.75) is 30.2 Å². The lowest BCUT2D eigenvalue weighted by Gasteiger charge is -2.34. The van der Waals surface area contributed by atoms with Gasteiger partial charge in [-0.05, 0) is 57.8 Å². The first-order chi connectivity index (χ1) is 8.96. The molecule has 1 atom stereocenters. The number of nitrogens with one attached hydrogen (secondary N) is 1. The van der Waals surface area contributed by atoms with E-state index in [4.69, 9.17) is 0 Å². The molecule has 1 aliphatic rings. The maximum atomic E-state index is 12.8. The van der Waals surface area contributed by atoms with Crippen molar-refractivity contribution in [2.24, 2.45) is 0 Å². The van der Waals surface area contributed by atoms with Crippen LogP contribution < -0.4 is 5.32 Å². The van der Waals surface area contributed by atoms with Gasteiger partial charge < -0.3 is 5.32 Å². The van der Waals surface area contributed by atoms with Crippen LogP contribution in [0.5, 0.6) is 0 Å². The van der Waals surface area contributed by atoms with E-state index in [-0.39, 0.29) is 6.04 Å². The fourth-order valence-electron chi connectivity index (χ4n) is 2.36. The number of hydrogen-bond donors (Lipinski definition) is 1. The van der Waals surface area contributed by atoms with Crippen molar-refractivity contribution in [3.8, 4) is 0 Å². The molecule has 0 aliphatic carbocycles. The first kappa shape index (κ1) is 15.9. The van der Waals surface area contributed by atoms with Crippen molar-refractivity contribution >= 4 is 53.2 Å².